The minimum Gasteiger partial charge on any atom is -0.493 e. The summed E-state index contributed by atoms with van der Waals surface area (Å²) in [7, 11) is 2.88. The number of esters is 1. The van der Waals surface area contributed by atoms with Crippen LogP contribution in [0.5, 0.6) is 11.5 Å². The summed E-state index contributed by atoms with van der Waals surface area (Å²) in [4.78, 5) is 26.6. The topological polar surface area (TPSA) is 73.9 Å². The monoisotopic (exact) mass is 579 g/mol. The molecule has 0 bridgehead atoms. The van der Waals surface area contributed by atoms with Crippen molar-refractivity contribution >= 4 is 45.0 Å². The molecule has 6 nitrogen and oxygen atoms in total. The van der Waals surface area contributed by atoms with Gasteiger partial charge >= 0.3 is 5.97 Å². The van der Waals surface area contributed by atoms with E-state index in [9.17, 15) is 9.59 Å². The number of dihydropyridines is 1. The maximum atomic E-state index is 13.6. The predicted molar refractivity (Wildman–Crippen MR) is 145 cm³/mol. The third kappa shape index (κ3) is 4.43. The quantitative estimate of drug-likeness (QED) is 0.339. The summed E-state index contributed by atoms with van der Waals surface area (Å²) in [5.74, 6) is -0.340. The van der Waals surface area contributed by atoms with E-state index in [-0.39, 0.29) is 5.78 Å². The lowest BCUT2D eigenvalue weighted by Gasteiger charge is -2.29. The van der Waals surface area contributed by atoms with Crippen molar-refractivity contribution in [3.05, 3.63) is 109 Å². The van der Waals surface area contributed by atoms with Crippen LogP contribution >= 0.6 is 27.5 Å². The van der Waals surface area contributed by atoms with E-state index in [1.807, 2.05) is 43.3 Å². The third-order valence-electron chi connectivity index (χ3n) is 6.54. The largest absolute Gasteiger partial charge is 0.493 e. The predicted octanol–water partition coefficient (Wildman–Crippen LogP) is 6.43. The summed E-state index contributed by atoms with van der Waals surface area (Å²) in [6.45, 7) is 2.11. The zero-order chi connectivity index (χ0) is 26.3. The second kappa shape index (κ2) is 10.1. The molecule has 0 radical (unpaired) electrons. The van der Waals surface area contributed by atoms with Crippen LogP contribution in [-0.2, 0) is 16.1 Å². The maximum absolute atomic E-state index is 13.6. The molecule has 0 aromatic heterocycles. The Morgan fingerprint density at radius 2 is 1.76 bits per heavy atom. The highest BCUT2D eigenvalue weighted by Gasteiger charge is 2.43. The molecule has 1 heterocycles. The van der Waals surface area contributed by atoms with Crippen LogP contribution in [0, 0.1) is 0 Å². The number of carbonyl (C=O) groups excluding carboxylic acids is 2. The minimum absolute atomic E-state index is 0.129. The summed E-state index contributed by atoms with van der Waals surface area (Å²) in [6, 6.07) is 18.5. The number of methoxy groups -OCH3 is 2. The van der Waals surface area contributed by atoms with Gasteiger partial charge in [-0.15, -0.1) is 0 Å². The molecule has 2 aliphatic rings. The lowest BCUT2D eigenvalue weighted by atomic mass is 9.79. The van der Waals surface area contributed by atoms with Gasteiger partial charge in [0.15, 0.2) is 17.3 Å². The Labute approximate surface area is 228 Å². The Balaban J connectivity index is 1.60. The van der Waals surface area contributed by atoms with Crippen LogP contribution in [0.15, 0.2) is 82.0 Å². The number of ether oxygens (including phenoxy) is 3. The molecule has 0 saturated heterocycles. The fourth-order valence-corrected chi connectivity index (χ4v) is 5.53. The van der Waals surface area contributed by atoms with Gasteiger partial charge in [0.25, 0.3) is 0 Å². The number of rotatable bonds is 6. The fraction of sp³-hybridized carbons (Fsp3) is 0.172. The van der Waals surface area contributed by atoms with Crippen LogP contribution < -0.4 is 14.8 Å². The number of carbonyl (C=O) groups is 2. The standard InChI is InChI=1S/C29H23BrClNO5/c1-15-23(29(34)36-3)24(25-26(32-15)19-6-4-5-7-20(19)27(25)33)17-12-21(30)28(22(13-17)35-2)37-14-16-8-10-18(31)11-9-16/h4-13,24,32H,14H2,1-3H3/t24-/m1/s1. The van der Waals surface area contributed by atoms with E-state index >= 15 is 0 Å². The molecular weight excluding hydrogens is 558 g/mol. The molecule has 5 rings (SSSR count). The summed E-state index contributed by atoms with van der Waals surface area (Å²) in [5.41, 5.74) is 5.23. The molecule has 0 fully saturated rings. The first kappa shape index (κ1) is 25.1. The zero-order valence-corrected chi connectivity index (χ0v) is 22.7. The Morgan fingerprint density at radius 3 is 2.43 bits per heavy atom. The van der Waals surface area contributed by atoms with Gasteiger partial charge in [0.05, 0.1) is 30.0 Å². The van der Waals surface area contributed by atoms with E-state index in [1.54, 1.807) is 31.4 Å². The average molecular weight is 581 g/mol. The number of hydrogen-bond donors (Lipinski definition) is 1. The molecule has 1 N–H and O–H groups in total. The van der Waals surface area contributed by atoms with E-state index < -0.39 is 11.9 Å². The number of benzene rings is 3. The molecule has 8 heteroatoms. The third-order valence-corrected chi connectivity index (χ3v) is 7.38. The Hall–Kier alpha value is -3.55. The van der Waals surface area contributed by atoms with Gasteiger partial charge in [0.2, 0.25) is 0 Å². The van der Waals surface area contributed by atoms with Crippen molar-refractivity contribution in [2.24, 2.45) is 0 Å². The number of nitrogens with one attached hydrogen (secondary N) is 1. The molecule has 0 spiro atoms. The number of fused-ring (bicyclic) bond motifs is 2. The van der Waals surface area contributed by atoms with Gasteiger partial charge in [-0.1, -0.05) is 48.0 Å². The van der Waals surface area contributed by atoms with E-state index in [0.717, 1.165) is 11.1 Å². The second-order valence-corrected chi connectivity index (χ2v) is 9.99. The zero-order valence-electron chi connectivity index (χ0n) is 20.4. The molecule has 1 aliphatic carbocycles. The molecule has 1 aliphatic heterocycles. The van der Waals surface area contributed by atoms with E-state index in [1.165, 1.54) is 7.11 Å². The van der Waals surface area contributed by atoms with Gasteiger partial charge < -0.3 is 19.5 Å². The van der Waals surface area contributed by atoms with Gasteiger partial charge in [-0.05, 0) is 58.2 Å². The summed E-state index contributed by atoms with van der Waals surface area (Å²) in [5, 5.41) is 3.94. The summed E-state index contributed by atoms with van der Waals surface area (Å²) < 4.78 is 17.5. The first-order chi connectivity index (χ1) is 17.8. The fourth-order valence-electron chi connectivity index (χ4n) is 4.83. The molecule has 3 aromatic rings. The molecular formula is C29H23BrClNO5. The molecule has 0 saturated carbocycles. The number of hydrogen-bond acceptors (Lipinski definition) is 6. The van der Waals surface area contributed by atoms with Crippen LogP contribution in [0.3, 0.4) is 0 Å². The first-order valence-electron chi connectivity index (χ1n) is 11.5. The summed E-state index contributed by atoms with van der Waals surface area (Å²) >= 11 is 9.61. The minimum atomic E-state index is -0.667. The van der Waals surface area contributed by atoms with Crippen molar-refractivity contribution in [1.82, 2.24) is 5.32 Å². The number of Topliss-reactive ketones (excluding diaryl/α,β-unsaturated/α-hetero) is 1. The van der Waals surface area contributed by atoms with Gasteiger partial charge in [-0.3, -0.25) is 4.79 Å². The SMILES string of the molecule is COC(=O)C1=C(C)NC2=C(C(=O)c3ccccc32)[C@@H]1c1cc(Br)c(OCc2ccc(Cl)cc2)c(OC)c1. The van der Waals surface area contributed by atoms with Gasteiger partial charge in [-0.25, -0.2) is 4.79 Å². The van der Waals surface area contributed by atoms with Crippen molar-refractivity contribution in [3.63, 3.8) is 0 Å². The van der Waals surface area contributed by atoms with Crippen molar-refractivity contribution in [3.8, 4) is 11.5 Å². The molecule has 0 unspecified atom stereocenters. The average Bonchev–Trinajstić information content (AvgIpc) is 3.18. The van der Waals surface area contributed by atoms with Crippen molar-refractivity contribution in [1.29, 1.82) is 0 Å². The van der Waals surface area contributed by atoms with Crippen LogP contribution in [0.2, 0.25) is 5.02 Å². The number of ketones is 1. The lowest BCUT2D eigenvalue weighted by molar-refractivity contribution is -0.136. The van der Waals surface area contributed by atoms with Gasteiger partial charge in [0.1, 0.15) is 6.61 Å². The van der Waals surface area contributed by atoms with Gasteiger partial charge in [0, 0.05) is 33.3 Å². The van der Waals surface area contributed by atoms with E-state index in [4.69, 9.17) is 25.8 Å². The van der Waals surface area contributed by atoms with Crippen LogP contribution in [0.4, 0.5) is 0 Å². The maximum Gasteiger partial charge on any atom is 0.336 e. The molecule has 0 amide bonds. The number of halogens is 2. The van der Waals surface area contributed by atoms with Crippen molar-refractivity contribution < 1.29 is 23.8 Å². The number of allylic oxidation sites excluding steroid dienone is 2. The Morgan fingerprint density at radius 1 is 1.05 bits per heavy atom. The van der Waals surface area contributed by atoms with Crippen LogP contribution in [0.25, 0.3) is 5.70 Å². The lowest BCUT2D eigenvalue weighted by Crippen LogP contribution is -2.29. The molecule has 188 valence electrons. The highest BCUT2D eigenvalue weighted by atomic mass is 79.9. The smallest absolute Gasteiger partial charge is 0.336 e. The van der Waals surface area contributed by atoms with Crippen LogP contribution in [0.1, 0.15) is 39.9 Å². The summed E-state index contributed by atoms with van der Waals surface area (Å²) in [6.07, 6.45) is 0. The molecule has 37 heavy (non-hydrogen) atoms. The van der Waals surface area contributed by atoms with E-state index in [0.29, 0.717) is 61.3 Å². The second-order valence-electron chi connectivity index (χ2n) is 8.70. The van der Waals surface area contributed by atoms with Gasteiger partial charge in [-0.2, -0.15) is 0 Å². The van der Waals surface area contributed by atoms with E-state index in [2.05, 4.69) is 21.2 Å². The normalized spacial score (nSPS) is 16.2. The molecule has 3 aromatic carbocycles. The first-order valence-corrected chi connectivity index (χ1v) is 12.7. The highest BCUT2D eigenvalue weighted by molar-refractivity contribution is 9.10. The van der Waals surface area contributed by atoms with Crippen molar-refractivity contribution in [2.75, 3.05) is 14.2 Å². The Bertz CT molecular complexity index is 1490. The van der Waals surface area contributed by atoms with Crippen LogP contribution in [-0.4, -0.2) is 26.0 Å². The van der Waals surface area contributed by atoms with Crippen molar-refractivity contribution in [2.45, 2.75) is 19.4 Å². The Kier molecular flexibility index (Phi) is 6.84. The highest BCUT2D eigenvalue weighted by Crippen LogP contribution is 2.49. The molecule has 1 atom stereocenters.